The number of carboxylic acids is 1. The van der Waals surface area contributed by atoms with Gasteiger partial charge in [0.1, 0.15) is 5.82 Å². The van der Waals surface area contributed by atoms with Crippen molar-refractivity contribution in [2.45, 2.75) is 32.0 Å². The number of halogens is 2. The maximum Gasteiger partial charge on any atom is 0.313 e. The number of nitrogens with zero attached hydrogens (tertiary/aromatic N) is 2. The molecule has 1 heterocycles. The van der Waals surface area contributed by atoms with Crippen molar-refractivity contribution < 1.29 is 14.3 Å². The molecule has 0 fully saturated rings. The zero-order chi connectivity index (χ0) is 15.7. The topological polar surface area (TPSA) is 55.1 Å². The van der Waals surface area contributed by atoms with Crippen LogP contribution in [0.5, 0.6) is 0 Å². The summed E-state index contributed by atoms with van der Waals surface area (Å²) >= 11 is 4.34. The van der Waals surface area contributed by atoms with Crippen LogP contribution in [0.2, 0.25) is 0 Å². The van der Waals surface area contributed by atoms with E-state index in [9.17, 15) is 9.18 Å². The van der Waals surface area contributed by atoms with Crippen molar-refractivity contribution in [3.63, 3.8) is 0 Å². The van der Waals surface area contributed by atoms with Crippen LogP contribution in [-0.2, 0) is 4.79 Å². The van der Waals surface area contributed by atoms with E-state index in [0.717, 1.165) is 17.3 Å². The number of benzene rings is 1. The molecule has 0 bridgehead atoms. The van der Waals surface area contributed by atoms with Crippen LogP contribution in [0, 0.1) is 11.7 Å². The first-order chi connectivity index (χ1) is 9.81. The third-order valence-electron chi connectivity index (χ3n) is 3.40. The monoisotopic (exact) mass is 374 g/mol. The number of aliphatic carboxylic acids is 1. The predicted molar refractivity (Wildman–Crippen MR) is 85.3 cm³/mol. The normalized spacial score (nSPS) is 13.0. The number of hydrogen-bond donors (Lipinski definition) is 1. The number of carbonyl (C=O) groups is 1. The first-order valence-electron chi connectivity index (χ1n) is 6.52. The third-order valence-corrected chi connectivity index (χ3v) is 4.94. The zero-order valence-corrected chi connectivity index (χ0v) is 14.3. The van der Waals surface area contributed by atoms with Gasteiger partial charge >= 0.3 is 5.97 Å². The van der Waals surface area contributed by atoms with Crippen LogP contribution in [0.4, 0.5) is 4.39 Å². The molecule has 0 spiro atoms. The van der Waals surface area contributed by atoms with Gasteiger partial charge in [-0.2, -0.15) is 0 Å². The van der Waals surface area contributed by atoms with Crippen LogP contribution in [0.25, 0.3) is 11.0 Å². The standard InChI is InChI=1S/C14H16BrFN2O2S/c1-7(2)8(3)18-12-4-9(15)10(16)5-11(12)17-14(18)21-6-13(19)20/h4-5,7-8H,6H2,1-3H3,(H,19,20). The minimum Gasteiger partial charge on any atom is -0.481 e. The van der Waals surface area contributed by atoms with Crippen LogP contribution in [0.3, 0.4) is 0 Å². The summed E-state index contributed by atoms with van der Waals surface area (Å²) in [6.45, 7) is 6.22. The van der Waals surface area contributed by atoms with Gasteiger partial charge in [-0.05, 0) is 34.8 Å². The van der Waals surface area contributed by atoms with Crippen molar-refractivity contribution in [3.8, 4) is 0 Å². The van der Waals surface area contributed by atoms with Gasteiger partial charge in [-0.25, -0.2) is 9.37 Å². The molecule has 7 heteroatoms. The maximum absolute atomic E-state index is 13.7. The average Bonchev–Trinajstić information content (AvgIpc) is 2.73. The predicted octanol–water partition coefficient (Wildman–Crippen LogP) is 4.33. The maximum atomic E-state index is 13.7. The second-order valence-corrected chi connectivity index (χ2v) is 6.98. The summed E-state index contributed by atoms with van der Waals surface area (Å²) in [5, 5.41) is 9.45. The number of hydrogen-bond acceptors (Lipinski definition) is 3. The molecular weight excluding hydrogens is 359 g/mol. The average molecular weight is 375 g/mol. The van der Waals surface area contributed by atoms with E-state index in [1.54, 1.807) is 6.07 Å². The molecular formula is C14H16BrFN2O2S. The zero-order valence-electron chi connectivity index (χ0n) is 11.9. The molecule has 0 saturated carbocycles. The number of carboxylic acid groups (broad SMARTS) is 1. The van der Waals surface area contributed by atoms with E-state index in [1.165, 1.54) is 6.07 Å². The Bertz CT molecular complexity index is 687. The molecule has 0 aliphatic heterocycles. The highest BCUT2D eigenvalue weighted by atomic mass is 79.9. The summed E-state index contributed by atoms with van der Waals surface area (Å²) in [6.07, 6.45) is 0. The number of imidazole rings is 1. The van der Waals surface area contributed by atoms with Crippen molar-refractivity contribution in [2.24, 2.45) is 5.92 Å². The van der Waals surface area contributed by atoms with Crippen molar-refractivity contribution in [1.82, 2.24) is 9.55 Å². The first kappa shape index (κ1) is 16.3. The lowest BCUT2D eigenvalue weighted by Crippen LogP contribution is -2.13. The minimum atomic E-state index is -0.900. The SMILES string of the molecule is CC(C)C(C)n1c(SCC(=O)O)nc2cc(F)c(Br)cc21. The van der Waals surface area contributed by atoms with Crippen molar-refractivity contribution in [3.05, 3.63) is 22.4 Å². The Labute approximate surface area is 134 Å². The van der Waals surface area contributed by atoms with E-state index in [2.05, 4.69) is 34.8 Å². The Balaban J connectivity index is 2.59. The van der Waals surface area contributed by atoms with Gasteiger partial charge in [-0.3, -0.25) is 4.79 Å². The largest absolute Gasteiger partial charge is 0.481 e. The summed E-state index contributed by atoms with van der Waals surface area (Å²) in [5.74, 6) is -1.00. The van der Waals surface area contributed by atoms with Gasteiger partial charge in [0.05, 0.1) is 21.3 Å². The van der Waals surface area contributed by atoms with Crippen LogP contribution in [-0.4, -0.2) is 26.4 Å². The second-order valence-electron chi connectivity index (χ2n) is 5.19. The van der Waals surface area contributed by atoms with Gasteiger partial charge < -0.3 is 9.67 Å². The molecule has 21 heavy (non-hydrogen) atoms. The molecule has 0 saturated heterocycles. The summed E-state index contributed by atoms with van der Waals surface area (Å²) in [4.78, 5) is 15.2. The van der Waals surface area contributed by atoms with Crippen LogP contribution in [0.1, 0.15) is 26.8 Å². The third kappa shape index (κ3) is 3.40. The fraction of sp³-hybridized carbons (Fsp3) is 0.429. The van der Waals surface area contributed by atoms with Gasteiger partial charge in [0.2, 0.25) is 0 Å². The molecule has 1 unspecified atom stereocenters. The fourth-order valence-electron chi connectivity index (χ4n) is 1.99. The Kier molecular flexibility index (Phi) is 4.93. The highest BCUT2D eigenvalue weighted by Gasteiger charge is 2.20. The van der Waals surface area contributed by atoms with Crippen molar-refractivity contribution in [2.75, 3.05) is 5.75 Å². The summed E-state index contributed by atoms with van der Waals surface area (Å²) in [7, 11) is 0. The lowest BCUT2D eigenvalue weighted by Gasteiger charge is -2.20. The van der Waals surface area contributed by atoms with Gasteiger partial charge in [0, 0.05) is 12.1 Å². The van der Waals surface area contributed by atoms with Crippen molar-refractivity contribution >= 4 is 44.7 Å². The molecule has 1 N–H and O–H groups in total. The van der Waals surface area contributed by atoms with Crippen LogP contribution >= 0.6 is 27.7 Å². The quantitative estimate of drug-likeness (QED) is 0.791. The lowest BCUT2D eigenvalue weighted by molar-refractivity contribution is -0.133. The van der Waals surface area contributed by atoms with E-state index in [1.807, 2.05) is 11.5 Å². The van der Waals surface area contributed by atoms with Gasteiger partial charge in [0.25, 0.3) is 0 Å². The van der Waals surface area contributed by atoms with E-state index in [4.69, 9.17) is 5.11 Å². The lowest BCUT2D eigenvalue weighted by atomic mass is 10.1. The Hall–Kier alpha value is -1.08. The molecule has 0 radical (unpaired) electrons. The number of fused-ring (bicyclic) bond motifs is 1. The van der Waals surface area contributed by atoms with Crippen LogP contribution < -0.4 is 0 Å². The summed E-state index contributed by atoms with van der Waals surface area (Å²) in [6, 6.07) is 3.19. The minimum absolute atomic E-state index is 0.0716. The molecule has 4 nitrogen and oxygen atoms in total. The second kappa shape index (κ2) is 6.36. The van der Waals surface area contributed by atoms with Crippen LogP contribution in [0.15, 0.2) is 21.8 Å². The van der Waals surface area contributed by atoms with Gasteiger partial charge in [-0.1, -0.05) is 25.6 Å². The van der Waals surface area contributed by atoms with Gasteiger partial charge in [0.15, 0.2) is 5.16 Å². The first-order valence-corrected chi connectivity index (χ1v) is 8.30. The summed E-state index contributed by atoms with van der Waals surface area (Å²) < 4.78 is 16.0. The molecule has 1 aromatic heterocycles. The Morgan fingerprint density at radius 2 is 2.14 bits per heavy atom. The number of rotatable bonds is 5. The molecule has 1 aromatic carbocycles. The molecule has 0 amide bonds. The summed E-state index contributed by atoms with van der Waals surface area (Å²) in [5.41, 5.74) is 1.34. The Morgan fingerprint density at radius 3 is 2.71 bits per heavy atom. The fourth-order valence-corrected chi connectivity index (χ4v) is 3.14. The highest BCUT2D eigenvalue weighted by Crippen LogP contribution is 2.33. The van der Waals surface area contributed by atoms with Gasteiger partial charge in [-0.15, -0.1) is 0 Å². The number of thioether (sulfide) groups is 1. The van der Waals surface area contributed by atoms with Crippen molar-refractivity contribution in [1.29, 1.82) is 0 Å². The molecule has 2 rings (SSSR count). The van der Waals surface area contributed by atoms with E-state index in [0.29, 0.717) is 21.1 Å². The molecule has 1 atom stereocenters. The molecule has 2 aromatic rings. The Morgan fingerprint density at radius 1 is 1.48 bits per heavy atom. The molecule has 0 aliphatic rings. The molecule has 0 aliphatic carbocycles. The molecule has 114 valence electrons. The van der Waals surface area contributed by atoms with E-state index >= 15 is 0 Å². The van der Waals surface area contributed by atoms with E-state index < -0.39 is 5.97 Å². The smallest absolute Gasteiger partial charge is 0.313 e. The highest BCUT2D eigenvalue weighted by molar-refractivity contribution is 9.10. The van der Waals surface area contributed by atoms with E-state index in [-0.39, 0.29) is 17.6 Å². The number of aromatic nitrogens is 2.